The number of rotatable bonds is 8. The number of pyridine rings is 1. The highest BCUT2D eigenvalue weighted by molar-refractivity contribution is 5.69. The lowest BCUT2D eigenvalue weighted by Crippen LogP contribution is -2.04. The number of hydrogen-bond donors (Lipinski definition) is 2. The molecule has 110 valence electrons. The van der Waals surface area contributed by atoms with Gasteiger partial charge in [-0.2, -0.15) is 0 Å². The highest BCUT2D eigenvalue weighted by Crippen LogP contribution is 2.18. The minimum atomic E-state index is -0.803. The lowest BCUT2D eigenvalue weighted by molar-refractivity contribution is -0.140. The van der Waals surface area contributed by atoms with Gasteiger partial charge in [0, 0.05) is 18.5 Å². The molecule has 0 radical (unpaired) electrons. The van der Waals surface area contributed by atoms with Crippen LogP contribution in [0.3, 0.4) is 0 Å². The van der Waals surface area contributed by atoms with E-state index in [9.17, 15) is 14.7 Å². The summed E-state index contributed by atoms with van der Waals surface area (Å²) in [6.07, 6.45) is 2.60. The van der Waals surface area contributed by atoms with Crippen LogP contribution in [0.1, 0.15) is 37.1 Å². The van der Waals surface area contributed by atoms with Crippen LogP contribution in [0.5, 0.6) is 5.75 Å². The van der Waals surface area contributed by atoms with Crippen LogP contribution in [-0.4, -0.2) is 34.2 Å². The normalized spacial score (nSPS) is 10.2. The third-order valence-electron chi connectivity index (χ3n) is 2.87. The van der Waals surface area contributed by atoms with E-state index in [1.165, 1.54) is 7.11 Å². The molecule has 0 aliphatic heterocycles. The van der Waals surface area contributed by atoms with Gasteiger partial charge in [0.15, 0.2) is 0 Å². The van der Waals surface area contributed by atoms with Crippen molar-refractivity contribution in [2.24, 2.45) is 0 Å². The summed E-state index contributed by atoms with van der Waals surface area (Å²) in [4.78, 5) is 25.8. The molecule has 6 nitrogen and oxygen atoms in total. The Kier molecular flexibility index (Phi) is 6.49. The maximum Gasteiger partial charge on any atom is 0.305 e. The molecule has 0 aliphatic carbocycles. The fourth-order valence-corrected chi connectivity index (χ4v) is 1.77. The van der Waals surface area contributed by atoms with E-state index in [4.69, 9.17) is 5.11 Å². The van der Waals surface area contributed by atoms with Crippen LogP contribution in [0.15, 0.2) is 12.1 Å². The van der Waals surface area contributed by atoms with Gasteiger partial charge in [-0.05, 0) is 31.4 Å². The summed E-state index contributed by atoms with van der Waals surface area (Å²) >= 11 is 0. The number of aliphatic carboxylic acids is 1. The third-order valence-corrected chi connectivity index (χ3v) is 2.87. The number of carboxylic acids is 1. The van der Waals surface area contributed by atoms with Crippen LogP contribution in [0.25, 0.3) is 0 Å². The van der Waals surface area contributed by atoms with Crippen LogP contribution < -0.4 is 0 Å². The number of ether oxygens (including phenoxy) is 1. The Morgan fingerprint density at radius 3 is 2.60 bits per heavy atom. The van der Waals surface area contributed by atoms with Crippen molar-refractivity contribution in [2.45, 2.75) is 38.5 Å². The summed E-state index contributed by atoms with van der Waals surface area (Å²) in [6.45, 7) is 0. The highest BCUT2D eigenvalue weighted by atomic mass is 16.5. The van der Waals surface area contributed by atoms with Crippen molar-refractivity contribution in [1.29, 1.82) is 0 Å². The first-order valence-electron chi connectivity index (χ1n) is 6.49. The topological polar surface area (TPSA) is 96.7 Å². The Morgan fingerprint density at radius 1 is 1.20 bits per heavy atom. The van der Waals surface area contributed by atoms with E-state index < -0.39 is 5.97 Å². The van der Waals surface area contributed by atoms with Crippen molar-refractivity contribution in [1.82, 2.24) is 4.98 Å². The van der Waals surface area contributed by atoms with E-state index in [1.807, 2.05) is 0 Å². The molecule has 0 fully saturated rings. The predicted octanol–water partition coefficient (Wildman–Crippen LogP) is 1.69. The van der Waals surface area contributed by atoms with E-state index in [2.05, 4.69) is 9.72 Å². The number of esters is 1. The molecule has 0 saturated carbocycles. The van der Waals surface area contributed by atoms with Crippen molar-refractivity contribution in [3.63, 3.8) is 0 Å². The molecule has 0 spiro atoms. The molecular weight excluding hydrogens is 262 g/mol. The summed E-state index contributed by atoms with van der Waals surface area (Å²) < 4.78 is 4.54. The zero-order valence-corrected chi connectivity index (χ0v) is 11.5. The molecular formula is C14H19NO5. The van der Waals surface area contributed by atoms with E-state index in [-0.39, 0.29) is 24.6 Å². The summed E-state index contributed by atoms with van der Waals surface area (Å²) in [5.41, 5.74) is 1.25. The Hall–Kier alpha value is -2.11. The van der Waals surface area contributed by atoms with Gasteiger partial charge in [-0.1, -0.05) is 0 Å². The SMILES string of the molecule is COC(=O)CCc1nc(CCCCC(=O)O)ccc1O. The molecule has 0 amide bonds. The van der Waals surface area contributed by atoms with Crippen molar-refractivity contribution >= 4 is 11.9 Å². The fraction of sp³-hybridized carbons (Fsp3) is 0.500. The second-order valence-corrected chi connectivity index (χ2v) is 4.45. The molecule has 0 saturated heterocycles. The Labute approximate surface area is 117 Å². The van der Waals surface area contributed by atoms with Crippen molar-refractivity contribution in [3.8, 4) is 5.75 Å². The quantitative estimate of drug-likeness (QED) is 0.556. The molecule has 1 heterocycles. The maximum atomic E-state index is 11.1. The Morgan fingerprint density at radius 2 is 1.95 bits per heavy atom. The zero-order chi connectivity index (χ0) is 15.0. The molecule has 0 unspecified atom stereocenters. The number of methoxy groups -OCH3 is 1. The zero-order valence-electron chi connectivity index (χ0n) is 11.5. The lowest BCUT2D eigenvalue weighted by Gasteiger charge is -2.06. The van der Waals surface area contributed by atoms with Crippen LogP contribution in [0, 0.1) is 0 Å². The fourth-order valence-electron chi connectivity index (χ4n) is 1.77. The van der Waals surface area contributed by atoms with Crippen LogP contribution in [-0.2, 0) is 27.2 Å². The monoisotopic (exact) mass is 281 g/mol. The second kappa shape index (κ2) is 8.14. The summed E-state index contributed by atoms with van der Waals surface area (Å²) in [5.74, 6) is -1.09. The van der Waals surface area contributed by atoms with Crippen LogP contribution in [0.4, 0.5) is 0 Å². The number of hydrogen-bond acceptors (Lipinski definition) is 5. The molecule has 0 bridgehead atoms. The van der Waals surface area contributed by atoms with E-state index in [0.717, 1.165) is 12.1 Å². The van der Waals surface area contributed by atoms with Gasteiger partial charge in [-0.3, -0.25) is 14.6 Å². The number of nitrogens with zero attached hydrogens (tertiary/aromatic N) is 1. The number of carboxylic acid groups (broad SMARTS) is 1. The maximum absolute atomic E-state index is 11.1. The van der Waals surface area contributed by atoms with Gasteiger partial charge in [-0.15, -0.1) is 0 Å². The lowest BCUT2D eigenvalue weighted by atomic mass is 10.1. The van der Waals surface area contributed by atoms with Gasteiger partial charge in [-0.25, -0.2) is 0 Å². The standard InChI is InChI=1S/C14H19NO5/c1-20-14(19)9-7-11-12(16)8-6-10(15-11)4-2-3-5-13(17)18/h6,8,16H,2-5,7,9H2,1H3,(H,17,18). The van der Waals surface area contributed by atoms with Gasteiger partial charge < -0.3 is 14.9 Å². The van der Waals surface area contributed by atoms with Crippen LogP contribution in [0.2, 0.25) is 0 Å². The first kappa shape index (κ1) is 15.9. The summed E-state index contributed by atoms with van der Waals surface area (Å²) in [5, 5.41) is 18.2. The molecule has 2 N–H and O–H groups in total. The van der Waals surface area contributed by atoms with Crippen molar-refractivity contribution in [2.75, 3.05) is 7.11 Å². The summed E-state index contributed by atoms with van der Waals surface area (Å²) in [7, 11) is 1.31. The smallest absolute Gasteiger partial charge is 0.305 e. The van der Waals surface area contributed by atoms with Gasteiger partial charge in [0.1, 0.15) is 5.75 Å². The molecule has 0 aromatic carbocycles. The first-order chi connectivity index (χ1) is 9.52. The number of aromatic hydroxyl groups is 1. The second-order valence-electron chi connectivity index (χ2n) is 4.45. The van der Waals surface area contributed by atoms with Gasteiger partial charge in [0.2, 0.25) is 0 Å². The van der Waals surface area contributed by atoms with Gasteiger partial charge in [0.25, 0.3) is 0 Å². The molecule has 0 aliphatic rings. The van der Waals surface area contributed by atoms with Crippen molar-refractivity contribution in [3.05, 3.63) is 23.5 Å². The molecule has 20 heavy (non-hydrogen) atoms. The predicted molar refractivity (Wildman–Crippen MR) is 71.4 cm³/mol. The van der Waals surface area contributed by atoms with E-state index in [1.54, 1.807) is 12.1 Å². The molecule has 6 heteroatoms. The largest absolute Gasteiger partial charge is 0.506 e. The average Bonchev–Trinajstić information content (AvgIpc) is 2.43. The first-order valence-corrected chi connectivity index (χ1v) is 6.49. The molecule has 1 rings (SSSR count). The van der Waals surface area contributed by atoms with Gasteiger partial charge >= 0.3 is 11.9 Å². The van der Waals surface area contributed by atoms with E-state index in [0.29, 0.717) is 25.0 Å². The molecule has 1 aromatic rings. The van der Waals surface area contributed by atoms with E-state index >= 15 is 0 Å². The Bertz CT molecular complexity index is 473. The Balaban J connectivity index is 2.52. The van der Waals surface area contributed by atoms with Gasteiger partial charge in [0.05, 0.1) is 19.2 Å². The summed E-state index contributed by atoms with van der Waals surface area (Å²) in [6, 6.07) is 3.25. The van der Waals surface area contributed by atoms with Crippen LogP contribution >= 0.6 is 0 Å². The number of carbonyl (C=O) groups excluding carboxylic acids is 1. The highest BCUT2D eigenvalue weighted by Gasteiger charge is 2.08. The molecule has 0 atom stereocenters. The third kappa shape index (κ3) is 5.69. The van der Waals surface area contributed by atoms with Crippen molar-refractivity contribution < 1.29 is 24.5 Å². The number of carbonyl (C=O) groups is 2. The number of unbranched alkanes of at least 4 members (excludes halogenated alkanes) is 1. The minimum Gasteiger partial charge on any atom is -0.506 e. The minimum absolute atomic E-state index is 0.0585. The molecule has 1 aromatic heterocycles. The number of aryl methyl sites for hydroxylation is 2. The average molecular weight is 281 g/mol. The number of aromatic nitrogens is 1.